The van der Waals surface area contributed by atoms with Crippen LogP contribution in [0.1, 0.15) is 29.8 Å². The molecule has 0 aliphatic heterocycles. The van der Waals surface area contributed by atoms with Gasteiger partial charge in [-0.2, -0.15) is 0 Å². The molecule has 0 bridgehead atoms. The smallest absolute Gasteiger partial charge is 0.310 e. The number of amides is 1. The number of aliphatic carboxylic acids is 1. The summed E-state index contributed by atoms with van der Waals surface area (Å²) in [5.41, 5.74) is -0.209. The van der Waals surface area contributed by atoms with Gasteiger partial charge in [0.25, 0.3) is 5.91 Å². The summed E-state index contributed by atoms with van der Waals surface area (Å²) in [5.74, 6) is -1.33. The van der Waals surface area contributed by atoms with Gasteiger partial charge >= 0.3 is 5.97 Å². The molecule has 0 atom stereocenters. The molecule has 98 valence electrons. The fourth-order valence-electron chi connectivity index (χ4n) is 1.34. The Morgan fingerprint density at radius 1 is 1.33 bits per heavy atom. The molecule has 3 N–H and O–H groups in total. The van der Waals surface area contributed by atoms with E-state index in [1.807, 2.05) is 0 Å². The number of aromatic hydroxyl groups is 1. The summed E-state index contributed by atoms with van der Waals surface area (Å²) in [6, 6.07) is 4.64. The molecule has 0 saturated carbocycles. The largest absolute Gasteiger partial charge is 0.508 e. The molecule has 1 rings (SSSR count). The maximum Gasteiger partial charge on any atom is 0.310 e. The van der Waals surface area contributed by atoms with E-state index in [1.165, 1.54) is 19.9 Å². The first-order valence-electron chi connectivity index (χ1n) is 5.56. The van der Waals surface area contributed by atoms with Crippen LogP contribution in [0.2, 0.25) is 0 Å². The van der Waals surface area contributed by atoms with Gasteiger partial charge < -0.3 is 15.5 Å². The normalized spacial score (nSPS) is 11.1. The molecule has 0 fully saturated rings. The Morgan fingerprint density at radius 2 is 1.94 bits per heavy atom. The van der Waals surface area contributed by atoms with Gasteiger partial charge in [-0.25, -0.2) is 0 Å². The summed E-state index contributed by atoms with van der Waals surface area (Å²) in [5, 5.41) is 21.0. The lowest BCUT2D eigenvalue weighted by molar-refractivity contribution is -0.146. The number of carboxylic acids is 1. The van der Waals surface area contributed by atoms with E-state index in [2.05, 4.69) is 5.32 Å². The van der Waals surface area contributed by atoms with E-state index in [1.54, 1.807) is 19.1 Å². The number of phenols is 1. The number of carboxylic acid groups (broad SMARTS) is 1. The summed E-state index contributed by atoms with van der Waals surface area (Å²) in [6.07, 6.45) is 0. The highest BCUT2D eigenvalue weighted by molar-refractivity contribution is 5.96. The van der Waals surface area contributed by atoms with Crippen molar-refractivity contribution in [3.63, 3.8) is 0 Å². The van der Waals surface area contributed by atoms with Crippen molar-refractivity contribution in [1.29, 1.82) is 0 Å². The summed E-state index contributed by atoms with van der Waals surface area (Å²) in [6.45, 7) is 4.72. The van der Waals surface area contributed by atoms with Crippen LogP contribution in [-0.4, -0.2) is 28.6 Å². The van der Waals surface area contributed by atoms with Gasteiger partial charge in [-0.1, -0.05) is 6.07 Å². The van der Waals surface area contributed by atoms with Gasteiger partial charge in [0.15, 0.2) is 0 Å². The molecule has 18 heavy (non-hydrogen) atoms. The predicted molar refractivity (Wildman–Crippen MR) is 66.6 cm³/mol. The molecular formula is C13H17NO4. The van der Waals surface area contributed by atoms with Gasteiger partial charge in [0.2, 0.25) is 0 Å². The number of rotatable bonds is 4. The monoisotopic (exact) mass is 251 g/mol. The van der Waals surface area contributed by atoms with Gasteiger partial charge in [-0.3, -0.25) is 9.59 Å². The molecule has 5 nitrogen and oxygen atoms in total. The number of hydrogen-bond donors (Lipinski definition) is 3. The van der Waals surface area contributed by atoms with Crippen LogP contribution in [0, 0.1) is 12.3 Å². The van der Waals surface area contributed by atoms with Crippen LogP contribution < -0.4 is 5.32 Å². The van der Waals surface area contributed by atoms with E-state index in [-0.39, 0.29) is 12.3 Å². The Bertz CT molecular complexity index is 480. The minimum absolute atomic E-state index is 0.0241. The SMILES string of the molecule is Cc1c(O)cccc1C(=O)NCC(C)(C)C(=O)O. The second kappa shape index (κ2) is 5.08. The van der Waals surface area contributed by atoms with Crippen LogP contribution in [0.5, 0.6) is 5.75 Å². The maximum atomic E-state index is 11.9. The summed E-state index contributed by atoms with van der Waals surface area (Å²) < 4.78 is 0. The molecular weight excluding hydrogens is 234 g/mol. The second-order valence-corrected chi connectivity index (χ2v) is 4.82. The van der Waals surface area contributed by atoms with Gasteiger partial charge in [0.05, 0.1) is 5.41 Å². The quantitative estimate of drug-likeness (QED) is 0.757. The molecule has 0 aliphatic carbocycles. The average molecular weight is 251 g/mol. The number of phenolic OH excluding ortho intramolecular Hbond substituents is 1. The number of carbonyl (C=O) groups excluding carboxylic acids is 1. The van der Waals surface area contributed by atoms with E-state index in [0.717, 1.165) is 0 Å². The van der Waals surface area contributed by atoms with Crippen LogP contribution in [0.3, 0.4) is 0 Å². The molecule has 0 spiro atoms. The van der Waals surface area contributed by atoms with Crippen molar-refractivity contribution >= 4 is 11.9 Å². The van der Waals surface area contributed by atoms with Crippen LogP contribution in [0.4, 0.5) is 0 Å². The van der Waals surface area contributed by atoms with E-state index in [4.69, 9.17) is 5.11 Å². The molecule has 1 amide bonds. The third kappa shape index (κ3) is 3.00. The lowest BCUT2D eigenvalue weighted by Crippen LogP contribution is -2.39. The first kappa shape index (κ1) is 14.0. The van der Waals surface area contributed by atoms with Crippen molar-refractivity contribution in [2.45, 2.75) is 20.8 Å². The zero-order chi connectivity index (χ0) is 13.9. The minimum Gasteiger partial charge on any atom is -0.508 e. The van der Waals surface area contributed by atoms with E-state index in [0.29, 0.717) is 11.1 Å². The first-order chi connectivity index (χ1) is 8.25. The third-order valence-corrected chi connectivity index (χ3v) is 2.82. The highest BCUT2D eigenvalue weighted by Crippen LogP contribution is 2.20. The van der Waals surface area contributed by atoms with Gasteiger partial charge in [0, 0.05) is 17.7 Å². The van der Waals surface area contributed by atoms with Crippen LogP contribution in [0.25, 0.3) is 0 Å². The molecule has 1 aromatic carbocycles. The van der Waals surface area contributed by atoms with E-state index in [9.17, 15) is 14.7 Å². The third-order valence-electron chi connectivity index (χ3n) is 2.82. The molecule has 1 aromatic rings. The minimum atomic E-state index is -1.03. The fourth-order valence-corrected chi connectivity index (χ4v) is 1.34. The number of benzene rings is 1. The van der Waals surface area contributed by atoms with Gasteiger partial charge in [-0.05, 0) is 32.9 Å². The highest BCUT2D eigenvalue weighted by atomic mass is 16.4. The molecule has 0 aliphatic rings. The van der Waals surface area contributed by atoms with Crippen molar-refractivity contribution < 1.29 is 19.8 Å². The number of hydrogen-bond acceptors (Lipinski definition) is 3. The van der Waals surface area contributed by atoms with E-state index >= 15 is 0 Å². The lowest BCUT2D eigenvalue weighted by atomic mass is 9.93. The van der Waals surface area contributed by atoms with Gasteiger partial charge in [-0.15, -0.1) is 0 Å². The Balaban J connectivity index is 2.78. The lowest BCUT2D eigenvalue weighted by Gasteiger charge is -2.19. The van der Waals surface area contributed by atoms with Crippen molar-refractivity contribution in [3.8, 4) is 5.75 Å². The first-order valence-corrected chi connectivity index (χ1v) is 5.56. The van der Waals surface area contributed by atoms with Crippen molar-refractivity contribution in [2.24, 2.45) is 5.41 Å². The zero-order valence-corrected chi connectivity index (χ0v) is 10.7. The molecule has 0 aromatic heterocycles. The highest BCUT2D eigenvalue weighted by Gasteiger charge is 2.27. The summed E-state index contributed by atoms with van der Waals surface area (Å²) in [4.78, 5) is 22.8. The Hall–Kier alpha value is -2.04. The van der Waals surface area contributed by atoms with E-state index < -0.39 is 17.3 Å². The zero-order valence-electron chi connectivity index (χ0n) is 10.7. The summed E-state index contributed by atoms with van der Waals surface area (Å²) >= 11 is 0. The standard InChI is InChI=1S/C13H17NO4/c1-8-9(5-4-6-10(8)15)11(16)14-7-13(2,3)12(17)18/h4-6,15H,7H2,1-3H3,(H,14,16)(H,17,18). The van der Waals surface area contributed by atoms with Crippen molar-refractivity contribution in [1.82, 2.24) is 5.32 Å². The van der Waals surface area contributed by atoms with Crippen molar-refractivity contribution in [2.75, 3.05) is 6.54 Å². The Labute approximate surface area is 105 Å². The number of nitrogens with one attached hydrogen (secondary N) is 1. The fraction of sp³-hybridized carbons (Fsp3) is 0.385. The molecule has 0 heterocycles. The Kier molecular flexibility index (Phi) is 3.96. The van der Waals surface area contributed by atoms with Crippen LogP contribution in [-0.2, 0) is 4.79 Å². The predicted octanol–water partition coefficient (Wildman–Crippen LogP) is 1.54. The average Bonchev–Trinajstić information content (AvgIpc) is 2.29. The molecule has 0 saturated heterocycles. The molecule has 0 radical (unpaired) electrons. The Morgan fingerprint density at radius 3 is 2.50 bits per heavy atom. The van der Waals surface area contributed by atoms with Crippen LogP contribution in [0.15, 0.2) is 18.2 Å². The molecule has 0 unspecified atom stereocenters. The topological polar surface area (TPSA) is 86.6 Å². The maximum absolute atomic E-state index is 11.9. The van der Waals surface area contributed by atoms with Crippen LogP contribution >= 0.6 is 0 Å². The molecule has 5 heteroatoms. The number of carbonyl (C=O) groups is 2. The van der Waals surface area contributed by atoms with Gasteiger partial charge in [0.1, 0.15) is 5.75 Å². The summed E-state index contributed by atoms with van der Waals surface area (Å²) in [7, 11) is 0. The van der Waals surface area contributed by atoms with Crippen molar-refractivity contribution in [3.05, 3.63) is 29.3 Å². The second-order valence-electron chi connectivity index (χ2n) is 4.82.